The maximum atomic E-state index is 6.13. The summed E-state index contributed by atoms with van der Waals surface area (Å²) in [6, 6.07) is -0.157. The fourth-order valence-electron chi connectivity index (χ4n) is 3.13. The van der Waals surface area contributed by atoms with Crippen molar-refractivity contribution in [2.45, 2.75) is 83.3 Å². The lowest BCUT2D eigenvalue weighted by Crippen LogP contribution is -2.31. The van der Waals surface area contributed by atoms with Gasteiger partial charge in [0.25, 0.3) is 0 Å². The molecule has 0 amide bonds. The highest BCUT2D eigenvalue weighted by Gasteiger charge is 2.38. The molecule has 0 saturated heterocycles. The van der Waals surface area contributed by atoms with E-state index in [9.17, 15) is 0 Å². The Balaban J connectivity index is 2.15. The third-order valence-electron chi connectivity index (χ3n) is 4.37. The molecular weight excluding hydrogens is 266 g/mol. The molecule has 0 spiro atoms. The van der Waals surface area contributed by atoms with Gasteiger partial charge in [-0.1, -0.05) is 50.6 Å². The Bertz CT molecular complexity index is 411. The molecule has 21 heavy (non-hydrogen) atoms. The number of hydrogen-bond acceptors (Lipinski definition) is 5. The Hall–Kier alpha value is -0.940. The summed E-state index contributed by atoms with van der Waals surface area (Å²) >= 11 is 0. The van der Waals surface area contributed by atoms with Gasteiger partial charge in [0.1, 0.15) is 5.60 Å². The lowest BCUT2D eigenvalue weighted by molar-refractivity contribution is -0.0636. The minimum absolute atomic E-state index is 0.157. The Morgan fingerprint density at radius 1 is 1.24 bits per heavy atom. The lowest BCUT2D eigenvalue weighted by Gasteiger charge is -2.29. The van der Waals surface area contributed by atoms with Gasteiger partial charge in [-0.2, -0.15) is 4.98 Å². The fourth-order valence-corrected chi connectivity index (χ4v) is 3.13. The standard InChI is InChI=1S/C16H29N3O2/c1-3-5-10-13(17)14-18-15(19-21-14)16(20-4-2)11-8-6-7-9-12-16/h13H,3-12,17H2,1-2H3/t13-/m0/s1. The molecule has 1 aromatic rings. The van der Waals surface area contributed by atoms with Gasteiger partial charge >= 0.3 is 0 Å². The molecule has 0 unspecified atom stereocenters. The second-order valence-electron chi connectivity index (χ2n) is 6.05. The van der Waals surface area contributed by atoms with Crippen LogP contribution in [0.4, 0.5) is 0 Å². The van der Waals surface area contributed by atoms with E-state index in [1.54, 1.807) is 0 Å². The SMILES string of the molecule is CCCC[C@H](N)c1nc(C2(OCC)CCCCCC2)no1. The van der Waals surface area contributed by atoms with Crippen LogP contribution in [0.2, 0.25) is 0 Å². The van der Waals surface area contributed by atoms with Gasteiger partial charge < -0.3 is 15.0 Å². The average molecular weight is 295 g/mol. The van der Waals surface area contributed by atoms with E-state index in [-0.39, 0.29) is 11.6 Å². The molecule has 1 aliphatic carbocycles. The van der Waals surface area contributed by atoms with Gasteiger partial charge in [0.2, 0.25) is 11.7 Å². The molecule has 1 fully saturated rings. The molecule has 5 nitrogen and oxygen atoms in total. The molecule has 1 aromatic heterocycles. The Morgan fingerprint density at radius 2 is 1.95 bits per heavy atom. The van der Waals surface area contributed by atoms with Crippen LogP contribution in [-0.4, -0.2) is 16.7 Å². The van der Waals surface area contributed by atoms with Crippen LogP contribution in [0.15, 0.2) is 4.52 Å². The summed E-state index contributed by atoms with van der Waals surface area (Å²) < 4.78 is 11.5. The number of ether oxygens (including phenoxy) is 1. The van der Waals surface area contributed by atoms with Gasteiger partial charge in [0.15, 0.2) is 0 Å². The van der Waals surface area contributed by atoms with Crippen LogP contribution < -0.4 is 5.73 Å². The Kier molecular flexibility index (Phi) is 6.18. The van der Waals surface area contributed by atoms with E-state index in [2.05, 4.69) is 17.1 Å². The van der Waals surface area contributed by atoms with Crippen molar-refractivity contribution in [2.75, 3.05) is 6.61 Å². The average Bonchev–Trinajstić information content (AvgIpc) is 2.87. The first-order valence-corrected chi connectivity index (χ1v) is 8.45. The molecule has 0 aromatic carbocycles. The summed E-state index contributed by atoms with van der Waals surface area (Å²) in [6.07, 6.45) is 9.88. The molecular formula is C16H29N3O2. The molecule has 1 aliphatic rings. The second kappa shape index (κ2) is 7.90. The molecule has 0 bridgehead atoms. The third kappa shape index (κ3) is 4.04. The van der Waals surface area contributed by atoms with E-state index < -0.39 is 0 Å². The number of unbranched alkanes of at least 4 members (excludes halogenated alkanes) is 1. The monoisotopic (exact) mass is 295 g/mol. The fraction of sp³-hybridized carbons (Fsp3) is 0.875. The number of hydrogen-bond donors (Lipinski definition) is 1. The molecule has 0 aliphatic heterocycles. The van der Waals surface area contributed by atoms with Gasteiger partial charge in [0, 0.05) is 6.61 Å². The minimum Gasteiger partial charge on any atom is -0.367 e. The molecule has 1 atom stereocenters. The second-order valence-corrected chi connectivity index (χ2v) is 6.05. The molecule has 5 heteroatoms. The smallest absolute Gasteiger partial charge is 0.243 e. The first-order chi connectivity index (χ1) is 10.2. The summed E-state index contributed by atoms with van der Waals surface area (Å²) in [5.74, 6) is 1.26. The van der Waals surface area contributed by atoms with E-state index in [1.165, 1.54) is 12.8 Å². The van der Waals surface area contributed by atoms with Gasteiger partial charge in [-0.15, -0.1) is 0 Å². The van der Waals surface area contributed by atoms with Crippen LogP contribution in [0.3, 0.4) is 0 Å². The molecule has 1 saturated carbocycles. The van der Waals surface area contributed by atoms with Gasteiger partial charge in [-0.3, -0.25) is 0 Å². The zero-order valence-electron chi connectivity index (χ0n) is 13.4. The van der Waals surface area contributed by atoms with Crippen molar-refractivity contribution in [3.8, 4) is 0 Å². The van der Waals surface area contributed by atoms with Crippen LogP contribution in [0.1, 0.15) is 89.4 Å². The van der Waals surface area contributed by atoms with Gasteiger partial charge in [-0.05, 0) is 26.2 Å². The highest BCUT2D eigenvalue weighted by atomic mass is 16.5. The highest BCUT2D eigenvalue weighted by molar-refractivity contribution is 5.04. The summed E-state index contributed by atoms with van der Waals surface area (Å²) in [5.41, 5.74) is 5.77. The first-order valence-electron chi connectivity index (χ1n) is 8.45. The van der Waals surface area contributed by atoms with Crippen LogP contribution in [-0.2, 0) is 10.3 Å². The topological polar surface area (TPSA) is 74.2 Å². The van der Waals surface area contributed by atoms with Crippen molar-refractivity contribution >= 4 is 0 Å². The maximum Gasteiger partial charge on any atom is 0.243 e. The predicted molar refractivity (Wildman–Crippen MR) is 81.8 cm³/mol. The molecule has 1 heterocycles. The van der Waals surface area contributed by atoms with Crippen LogP contribution >= 0.6 is 0 Å². The van der Waals surface area contributed by atoms with Crippen LogP contribution in [0.25, 0.3) is 0 Å². The van der Waals surface area contributed by atoms with Gasteiger partial charge in [0.05, 0.1) is 6.04 Å². The number of nitrogens with two attached hydrogens (primary N) is 1. The van der Waals surface area contributed by atoms with E-state index in [1.807, 2.05) is 6.92 Å². The predicted octanol–water partition coefficient (Wildman–Crippen LogP) is 3.85. The van der Waals surface area contributed by atoms with Crippen LogP contribution in [0.5, 0.6) is 0 Å². The normalized spacial score (nSPS) is 20.1. The van der Waals surface area contributed by atoms with Crippen molar-refractivity contribution in [3.05, 3.63) is 11.7 Å². The summed E-state index contributed by atoms with van der Waals surface area (Å²) in [4.78, 5) is 4.59. The maximum absolute atomic E-state index is 6.13. The molecule has 0 radical (unpaired) electrons. The summed E-state index contributed by atoms with van der Waals surface area (Å²) in [5, 5.41) is 4.21. The van der Waals surface area contributed by atoms with Crippen molar-refractivity contribution < 1.29 is 9.26 Å². The molecule has 120 valence electrons. The molecule has 2 rings (SSSR count). The van der Waals surface area contributed by atoms with Crippen molar-refractivity contribution in [1.82, 2.24) is 10.1 Å². The lowest BCUT2D eigenvalue weighted by atomic mass is 9.93. The summed E-state index contributed by atoms with van der Waals surface area (Å²) in [6.45, 7) is 4.86. The van der Waals surface area contributed by atoms with Gasteiger partial charge in [-0.25, -0.2) is 0 Å². The highest BCUT2D eigenvalue weighted by Crippen LogP contribution is 2.38. The number of rotatable bonds is 7. The first kappa shape index (κ1) is 16.4. The summed E-state index contributed by atoms with van der Waals surface area (Å²) in [7, 11) is 0. The van der Waals surface area contributed by atoms with Crippen molar-refractivity contribution in [3.63, 3.8) is 0 Å². The number of nitrogens with zero attached hydrogens (tertiary/aromatic N) is 2. The van der Waals surface area contributed by atoms with E-state index in [4.69, 9.17) is 15.0 Å². The minimum atomic E-state index is -0.364. The van der Waals surface area contributed by atoms with Crippen LogP contribution in [0, 0.1) is 0 Å². The number of aromatic nitrogens is 2. The van der Waals surface area contributed by atoms with E-state index in [0.29, 0.717) is 18.3 Å². The van der Waals surface area contributed by atoms with E-state index in [0.717, 1.165) is 44.9 Å². The zero-order chi connectivity index (χ0) is 15.1. The molecule has 2 N–H and O–H groups in total. The van der Waals surface area contributed by atoms with Crippen molar-refractivity contribution in [1.29, 1.82) is 0 Å². The quantitative estimate of drug-likeness (QED) is 0.773. The third-order valence-corrected chi connectivity index (χ3v) is 4.37. The zero-order valence-corrected chi connectivity index (χ0v) is 13.4. The van der Waals surface area contributed by atoms with Crippen molar-refractivity contribution in [2.24, 2.45) is 5.73 Å². The van der Waals surface area contributed by atoms with E-state index >= 15 is 0 Å². The largest absolute Gasteiger partial charge is 0.367 e. The Labute approximate surface area is 127 Å². The Morgan fingerprint density at radius 3 is 2.57 bits per heavy atom.